The summed E-state index contributed by atoms with van der Waals surface area (Å²) in [5, 5.41) is 8.94. The summed E-state index contributed by atoms with van der Waals surface area (Å²) in [6.07, 6.45) is 0.832. The molecular formula is C13H18O3. The lowest BCUT2D eigenvalue weighted by Gasteiger charge is -2.09. The fourth-order valence-electron chi connectivity index (χ4n) is 1.26. The number of carbonyl (C=O) groups is 1. The van der Waals surface area contributed by atoms with Gasteiger partial charge in [-0.15, -0.1) is 0 Å². The second kappa shape index (κ2) is 6.28. The molecule has 0 aromatic heterocycles. The van der Waals surface area contributed by atoms with Crippen LogP contribution in [0.5, 0.6) is 5.75 Å². The van der Waals surface area contributed by atoms with E-state index in [1.54, 1.807) is 18.2 Å². The summed E-state index contributed by atoms with van der Waals surface area (Å²) in [4.78, 5) is 11.5. The number of aliphatic hydroxyl groups is 1. The molecule has 0 radical (unpaired) electrons. The number of carbonyl (C=O) groups excluding carboxylic acids is 1. The van der Waals surface area contributed by atoms with Gasteiger partial charge in [0.1, 0.15) is 12.4 Å². The molecule has 0 aliphatic heterocycles. The number of ketones is 1. The van der Waals surface area contributed by atoms with E-state index < -0.39 is 0 Å². The highest BCUT2D eigenvalue weighted by atomic mass is 16.5. The van der Waals surface area contributed by atoms with Crippen molar-refractivity contribution >= 4 is 5.78 Å². The van der Waals surface area contributed by atoms with E-state index >= 15 is 0 Å². The molecule has 1 aromatic rings. The summed E-state index contributed by atoms with van der Waals surface area (Å²) in [5.41, 5.74) is 0.786. The summed E-state index contributed by atoms with van der Waals surface area (Å²) in [7, 11) is 0. The van der Waals surface area contributed by atoms with E-state index in [2.05, 4.69) is 0 Å². The van der Waals surface area contributed by atoms with Gasteiger partial charge in [0, 0.05) is 5.92 Å². The SMILES string of the molecule is CCC(C)C(=O)COc1cccc(CO)c1. The van der Waals surface area contributed by atoms with E-state index in [0.29, 0.717) is 5.75 Å². The van der Waals surface area contributed by atoms with Gasteiger partial charge in [0.15, 0.2) is 5.78 Å². The van der Waals surface area contributed by atoms with Crippen LogP contribution in [0.4, 0.5) is 0 Å². The van der Waals surface area contributed by atoms with Crippen LogP contribution in [0.25, 0.3) is 0 Å². The predicted octanol–water partition coefficient (Wildman–Crippen LogP) is 2.17. The number of hydrogen-bond donors (Lipinski definition) is 1. The van der Waals surface area contributed by atoms with Gasteiger partial charge in [-0.05, 0) is 24.1 Å². The molecule has 1 atom stereocenters. The van der Waals surface area contributed by atoms with Crippen molar-refractivity contribution in [1.29, 1.82) is 0 Å². The first-order chi connectivity index (χ1) is 7.67. The molecule has 1 N–H and O–H groups in total. The standard InChI is InChI=1S/C13H18O3/c1-3-10(2)13(15)9-16-12-6-4-5-11(7-12)8-14/h4-7,10,14H,3,8-9H2,1-2H3. The Kier molecular flexibility index (Phi) is 4.99. The number of hydrogen-bond acceptors (Lipinski definition) is 3. The first-order valence-corrected chi connectivity index (χ1v) is 5.52. The molecule has 0 aliphatic rings. The lowest BCUT2D eigenvalue weighted by Crippen LogP contribution is -2.18. The third-order valence-electron chi connectivity index (χ3n) is 2.62. The molecule has 88 valence electrons. The van der Waals surface area contributed by atoms with Crippen LogP contribution in [0, 0.1) is 5.92 Å². The molecule has 16 heavy (non-hydrogen) atoms. The second-order valence-corrected chi connectivity index (χ2v) is 3.87. The largest absolute Gasteiger partial charge is 0.486 e. The molecule has 0 amide bonds. The number of ether oxygens (including phenoxy) is 1. The van der Waals surface area contributed by atoms with Crippen LogP contribution in [-0.4, -0.2) is 17.5 Å². The molecular weight excluding hydrogens is 204 g/mol. The summed E-state index contributed by atoms with van der Waals surface area (Å²) in [6, 6.07) is 7.13. The minimum absolute atomic E-state index is 0.0174. The minimum atomic E-state index is -0.0174. The molecule has 0 spiro atoms. The van der Waals surface area contributed by atoms with Gasteiger partial charge in [0.25, 0.3) is 0 Å². The maximum Gasteiger partial charge on any atom is 0.172 e. The van der Waals surface area contributed by atoms with Gasteiger partial charge in [0.2, 0.25) is 0 Å². The molecule has 3 heteroatoms. The quantitative estimate of drug-likeness (QED) is 0.802. The monoisotopic (exact) mass is 222 g/mol. The Labute approximate surface area is 96.1 Å². The first-order valence-electron chi connectivity index (χ1n) is 5.52. The topological polar surface area (TPSA) is 46.5 Å². The van der Waals surface area contributed by atoms with Crippen LogP contribution in [0.3, 0.4) is 0 Å². The van der Waals surface area contributed by atoms with Crippen molar-refractivity contribution in [2.75, 3.05) is 6.61 Å². The first kappa shape index (κ1) is 12.7. The van der Waals surface area contributed by atoms with Crippen molar-refractivity contribution in [2.24, 2.45) is 5.92 Å². The Morgan fingerprint density at radius 3 is 2.88 bits per heavy atom. The van der Waals surface area contributed by atoms with Gasteiger partial charge >= 0.3 is 0 Å². The lowest BCUT2D eigenvalue weighted by molar-refractivity contribution is -0.124. The van der Waals surface area contributed by atoms with E-state index in [4.69, 9.17) is 9.84 Å². The average Bonchev–Trinajstić information content (AvgIpc) is 2.35. The number of Topliss-reactive ketones (excluding diaryl/α,β-unsaturated/α-hetero) is 1. The van der Waals surface area contributed by atoms with Crippen molar-refractivity contribution in [3.63, 3.8) is 0 Å². The minimum Gasteiger partial charge on any atom is -0.486 e. The van der Waals surface area contributed by atoms with E-state index in [9.17, 15) is 4.79 Å². The van der Waals surface area contributed by atoms with Gasteiger partial charge in [-0.1, -0.05) is 26.0 Å². The summed E-state index contributed by atoms with van der Waals surface area (Å²) >= 11 is 0. The summed E-state index contributed by atoms with van der Waals surface area (Å²) in [6.45, 7) is 3.96. The van der Waals surface area contributed by atoms with Crippen LogP contribution in [0.15, 0.2) is 24.3 Å². The van der Waals surface area contributed by atoms with Crippen molar-refractivity contribution in [2.45, 2.75) is 26.9 Å². The normalized spacial score (nSPS) is 12.2. The molecule has 0 aliphatic carbocycles. The fraction of sp³-hybridized carbons (Fsp3) is 0.462. The van der Waals surface area contributed by atoms with E-state index in [1.807, 2.05) is 19.9 Å². The Bertz CT molecular complexity index is 347. The molecule has 0 saturated heterocycles. The van der Waals surface area contributed by atoms with Crippen LogP contribution >= 0.6 is 0 Å². The highest BCUT2D eigenvalue weighted by Crippen LogP contribution is 2.14. The van der Waals surface area contributed by atoms with Crippen LogP contribution in [-0.2, 0) is 11.4 Å². The molecule has 0 saturated carbocycles. The Morgan fingerprint density at radius 1 is 1.50 bits per heavy atom. The van der Waals surface area contributed by atoms with Crippen molar-refractivity contribution in [3.8, 4) is 5.75 Å². The average molecular weight is 222 g/mol. The Morgan fingerprint density at radius 2 is 2.25 bits per heavy atom. The molecule has 1 rings (SSSR count). The third-order valence-corrected chi connectivity index (χ3v) is 2.62. The number of rotatable bonds is 6. The molecule has 1 aromatic carbocycles. The molecule has 0 heterocycles. The van der Waals surface area contributed by atoms with Gasteiger partial charge in [-0.3, -0.25) is 4.79 Å². The summed E-state index contributed by atoms with van der Waals surface area (Å²) in [5.74, 6) is 0.779. The van der Waals surface area contributed by atoms with Gasteiger partial charge in [-0.25, -0.2) is 0 Å². The molecule has 0 fully saturated rings. The van der Waals surface area contributed by atoms with Crippen LogP contribution < -0.4 is 4.74 Å². The maximum atomic E-state index is 11.5. The van der Waals surface area contributed by atoms with Crippen molar-refractivity contribution in [3.05, 3.63) is 29.8 Å². The summed E-state index contributed by atoms with van der Waals surface area (Å²) < 4.78 is 5.37. The van der Waals surface area contributed by atoms with Gasteiger partial charge < -0.3 is 9.84 Å². The van der Waals surface area contributed by atoms with Gasteiger partial charge in [0.05, 0.1) is 6.61 Å². The van der Waals surface area contributed by atoms with Gasteiger partial charge in [-0.2, -0.15) is 0 Å². The van der Waals surface area contributed by atoms with Crippen molar-refractivity contribution in [1.82, 2.24) is 0 Å². The fourth-order valence-corrected chi connectivity index (χ4v) is 1.26. The van der Waals surface area contributed by atoms with E-state index in [-0.39, 0.29) is 24.9 Å². The molecule has 3 nitrogen and oxygen atoms in total. The van der Waals surface area contributed by atoms with Crippen molar-refractivity contribution < 1.29 is 14.6 Å². The Hall–Kier alpha value is -1.35. The maximum absolute atomic E-state index is 11.5. The highest BCUT2D eigenvalue weighted by molar-refractivity contribution is 5.82. The zero-order valence-electron chi connectivity index (χ0n) is 9.77. The zero-order chi connectivity index (χ0) is 12.0. The number of benzene rings is 1. The Balaban J connectivity index is 2.51. The van der Waals surface area contributed by atoms with Crippen LogP contribution in [0.2, 0.25) is 0 Å². The predicted molar refractivity (Wildman–Crippen MR) is 62.3 cm³/mol. The third kappa shape index (κ3) is 3.66. The zero-order valence-corrected chi connectivity index (χ0v) is 9.77. The highest BCUT2D eigenvalue weighted by Gasteiger charge is 2.11. The molecule has 0 bridgehead atoms. The second-order valence-electron chi connectivity index (χ2n) is 3.87. The van der Waals surface area contributed by atoms with Crippen LogP contribution in [0.1, 0.15) is 25.8 Å². The smallest absolute Gasteiger partial charge is 0.172 e. The van der Waals surface area contributed by atoms with E-state index in [1.165, 1.54) is 0 Å². The lowest BCUT2D eigenvalue weighted by atomic mass is 10.0. The number of aliphatic hydroxyl groups excluding tert-OH is 1. The van der Waals surface area contributed by atoms with E-state index in [0.717, 1.165) is 12.0 Å². The molecule has 1 unspecified atom stereocenters.